The number of pyridine rings is 1. The van der Waals surface area contributed by atoms with Crippen molar-refractivity contribution in [2.45, 2.75) is 44.2 Å². The molecule has 2 saturated heterocycles. The SMILES string of the molecule is Cc1cc(Nc2cc(C(F)(F)F)cc(N3C[C@H]4CC[C@@H](C3)N4)n2)n[nH]1.O=C(O)C(F)(F)F. The first-order chi connectivity index (χ1) is 14.8. The topological polar surface area (TPSA) is 106 Å². The van der Waals surface area contributed by atoms with Crippen LogP contribution >= 0.6 is 0 Å². The average molecular weight is 466 g/mol. The van der Waals surface area contributed by atoms with E-state index in [-0.39, 0.29) is 5.82 Å². The van der Waals surface area contributed by atoms with E-state index < -0.39 is 23.9 Å². The van der Waals surface area contributed by atoms with E-state index in [4.69, 9.17) is 9.90 Å². The number of carboxylic acid groups (broad SMARTS) is 1. The van der Waals surface area contributed by atoms with Gasteiger partial charge in [-0.1, -0.05) is 0 Å². The van der Waals surface area contributed by atoms with E-state index in [1.54, 1.807) is 6.07 Å². The van der Waals surface area contributed by atoms with Crippen molar-refractivity contribution in [1.82, 2.24) is 20.5 Å². The highest BCUT2D eigenvalue weighted by molar-refractivity contribution is 5.73. The number of hydrogen-bond acceptors (Lipinski definition) is 6. The summed E-state index contributed by atoms with van der Waals surface area (Å²) in [6, 6.07) is 4.50. The third-order valence-corrected chi connectivity index (χ3v) is 4.88. The quantitative estimate of drug-likeness (QED) is 0.514. The number of aromatic nitrogens is 3. The van der Waals surface area contributed by atoms with Gasteiger partial charge in [-0.15, -0.1) is 0 Å². The summed E-state index contributed by atoms with van der Waals surface area (Å²) in [4.78, 5) is 15.2. The van der Waals surface area contributed by atoms with Gasteiger partial charge in [0.1, 0.15) is 11.6 Å². The molecular weight excluding hydrogens is 446 g/mol. The number of piperazine rings is 1. The molecule has 4 rings (SSSR count). The number of halogens is 6. The summed E-state index contributed by atoms with van der Waals surface area (Å²) in [5.74, 6) is -1.83. The molecule has 2 aliphatic heterocycles. The maximum atomic E-state index is 13.3. The molecule has 0 aliphatic carbocycles. The van der Waals surface area contributed by atoms with Crippen LogP contribution in [0.5, 0.6) is 0 Å². The van der Waals surface area contributed by atoms with Crippen LogP contribution in [0.15, 0.2) is 18.2 Å². The van der Waals surface area contributed by atoms with Gasteiger partial charge in [-0.3, -0.25) is 5.10 Å². The molecule has 2 aromatic heterocycles. The van der Waals surface area contributed by atoms with Gasteiger partial charge in [-0.2, -0.15) is 31.4 Å². The molecule has 176 valence electrons. The standard InChI is InChI=1S/C16H19F3N6.C2HF3O2/c1-9-4-14(24-23-9)21-13-5-10(16(17,18)19)6-15(22-13)25-7-11-2-3-12(8-25)20-11;3-2(4,5)1(6)7/h4-6,11-12,20H,2-3,7-8H2,1H3,(H2,21,22,23,24);(H,6,7)/t11-,12+;. The van der Waals surface area contributed by atoms with Crippen molar-refractivity contribution in [1.29, 1.82) is 0 Å². The molecule has 0 spiro atoms. The molecule has 0 radical (unpaired) electrons. The highest BCUT2D eigenvalue weighted by atomic mass is 19.4. The van der Waals surface area contributed by atoms with E-state index in [1.165, 1.54) is 0 Å². The molecule has 2 bridgehead atoms. The molecule has 2 atom stereocenters. The maximum Gasteiger partial charge on any atom is 0.490 e. The Bertz CT molecular complexity index is 948. The van der Waals surface area contributed by atoms with Crippen LogP contribution in [0.2, 0.25) is 0 Å². The fourth-order valence-electron chi connectivity index (χ4n) is 3.50. The van der Waals surface area contributed by atoms with Crippen LogP contribution in [0, 0.1) is 6.92 Å². The first kappa shape index (κ1) is 23.6. The number of aromatic amines is 1. The van der Waals surface area contributed by atoms with Gasteiger partial charge in [-0.25, -0.2) is 9.78 Å². The number of alkyl halides is 6. The number of H-pyrrole nitrogens is 1. The first-order valence-electron chi connectivity index (χ1n) is 9.50. The van der Waals surface area contributed by atoms with Gasteiger partial charge in [0.05, 0.1) is 5.56 Å². The number of rotatable bonds is 3. The van der Waals surface area contributed by atoms with Crippen molar-refractivity contribution >= 4 is 23.4 Å². The Morgan fingerprint density at radius 2 is 1.69 bits per heavy atom. The predicted octanol–water partition coefficient (Wildman–Crippen LogP) is 3.45. The zero-order valence-electron chi connectivity index (χ0n) is 16.7. The van der Waals surface area contributed by atoms with Crippen LogP contribution in [-0.2, 0) is 11.0 Å². The number of anilines is 3. The smallest absolute Gasteiger partial charge is 0.475 e. The Balaban J connectivity index is 0.000000360. The van der Waals surface area contributed by atoms with Crippen molar-refractivity contribution in [3.63, 3.8) is 0 Å². The molecule has 4 heterocycles. The third kappa shape index (κ3) is 6.02. The Hall–Kier alpha value is -3.03. The minimum absolute atomic E-state index is 0.141. The van der Waals surface area contributed by atoms with E-state index >= 15 is 0 Å². The van der Waals surface area contributed by atoms with E-state index in [1.807, 2.05) is 11.8 Å². The number of aryl methyl sites for hydroxylation is 1. The highest BCUT2D eigenvalue weighted by Gasteiger charge is 2.38. The average Bonchev–Trinajstić information content (AvgIpc) is 3.24. The van der Waals surface area contributed by atoms with Crippen LogP contribution < -0.4 is 15.5 Å². The lowest BCUT2D eigenvalue weighted by molar-refractivity contribution is -0.192. The van der Waals surface area contributed by atoms with Crippen LogP contribution in [0.1, 0.15) is 24.1 Å². The van der Waals surface area contributed by atoms with Crippen LogP contribution in [0.3, 0.4) is 0 Å². The van der Waals surface area contributed by atoms with Crippen molar-refractivity contribution in [2.75, 3.05) is 23.3 Å². The second-order valence-corrected chi connectivity index (χ2v) is 7.50. The second kappa shape index (κ2) is 8.84. The van der Waals surface area contributed by atoms with Crippen LogP contribution in [0.25, 0.3) is 0 Å². The van der Waals surface area contributed by atoms with E-state index in [2.05, 4.69) is 25.8 Å². The van der Waals surface area contributed by atoms with E-state index in [0.717, 1.165) is 30.7 Å². The Morgan fingerprint density at radius 3 is 2.16 bits per heavy atom. The number of aliphatic carboxylic acids is 1. The van der Waals surface area contributed by atoms with Crippen LogP contribution in [-0.4, -0.2) is 57.6 Å². The van der Waals surface area contributed by atoms with Gasteiger partial charge in [0.2, 0.25) is 0 Å². The number of carboxylic acids is 1. The number of nitrogens with zero attached hydrogens (tertiary/aromatic N) is 3. The van der Waals surface area contributed by atoms with Crippen molar-refractivity contribution in [3.8, 4) is 0 Å². The zero-order valence-corrected chi connectivity index (χ0v) is 16.7. The maximum absolute atomic E-state index is 13.3. The fourth-order valence-corrected chi connectivity index (χ4v) is 3.50. The van der Waals surface area contributed by atoms with Crippen molar-refractivity contribution < 1.29 is 36.2 Å². The Labute approximate surface area is 178 Å². The number of nitrogens with one attached hydrogen (secondary N) is 3. The summed E-state index contributed by atoms with van der Waals surface area (Å²) in [6.45, 7) is 3.16. The van der Waals surface area contributed by atoms with Gasteiger partial charge in [0.15, 0.2) is 5.82 Å². The van der Waals surface area contributed by atoms with E-state index in [9.17, 15) is 26.3 Å². The Kier molecular flexibility index (Phi) is 6.53. The highest BCUT2D eigenvalue weighted by Crippen LogP contribution is 2.34. The lowest BCUT2D eigenvalue weighted by atomic mass is 10.2. The summed E-state index contributed by atoms with van der Waals surface area (Å²) < 4.78 is 71.7. The monoisotopic (exact) mass is 466 g/mol. The summed E-state index contributed by atoms with van der Waals surface area (Å²) in [7, 11) is 0. The van der Waals surface area contributed by atoms with Gasteiger partial charge in [-0.05, 0) is 31.9 Å². The summed E-state index contributed by atoms with van der Waals surface area (Å²) in [5.41, 5.74) is 0.103. The first-order valence-corrected chi connectivity index (χ1v) is 9.50. The minimum Gasteiger partial charge on any atom is -0.475 e. The molecule has 8 nitrogen and oxygen atoms in total. The lowest BCUT2D eigenvalue weighted by Gasteiger charge is -2.34. The Morgan fingerprint density at radius 1 is 1.09 bits per heavy atom. The molecule has 32 heavy (non-hydrogen) atoms. The largest absolute Gasteiger partial charge is 0.490 e. The second-order valence-electron chi connectivity index (χ2n) is 7.50. The summed E-state index contributed by atoms with van der Waals surface area (Å²) in [5, 5.41) is 20.2. The van der Waals surface area contributed by atoms with Crippen molar-refractivity contribution in [2.24, 2.45) is 0 Å². The number of carbonyl (C=O) groups is 1. The molecule has 0 amide bonds. The zero-order chi connectivity index (χ0) is 23.7. The minimum atomic E-state index is -5.08. The molecule has 0 saturated carbocycles. The van der Waals surface area contributed by atoms with Crippen molar-refractivity contribution in [3.05, 3.63) is 29.5 Å². The van der Waals surface area contributed by atoms with Crippen LogP contribution in [0.4, 0.5) is 43.8 Å². The number of hydrogen-bond donors (Lipinski definition) is 4. The van der Waals surface area contributed by atoms with Gasteiger partial charge >= 0.3 is 18.3 Å². The summed E-state index contributed by atoms with van der Waals surface area (Å²) in [6.07, 6.45) is -7.40. The molecule has 2 aromatic rings. The molecule has 2 fully saturated rings. The molecular formula is C18H20F6N6O2. The van der Waals surface area contributed by atoms with Gasteiger partial charge in [0.25, 0.3) is 0 Å². The molecule has 14 heteroatoms. The predicted molar refractivity (Wildman–Crippen MR) is 102 cm³/mol. The molecule has 0 unspecified atom stereocenters. The van der Waals surface area contributed by atoms with Gasteiger partial charge < -0.3 is 20.6 Å². The van der Waals surface area contributed by atoms with E-state index in [0.29, 0.717) is 36.8 Å². The number of fused-ring (bicyclic) bond motifs is 2. The molecule has 4 N–H and O–H groups in total. The molecule has 2 aliphatic rings. The lowest BCUT2D eigenvalue weighted by Crippen LogP contribution is -2.51. The van der Waals surface area contributed by atoms with Gasteiger partial charge in [0, 0.05) is 36.9 Å². The third-order valence-electron chi connectivity index (χ3n) is 4.88. The normalized spacial score (nSPS) is 20.5. The molecule has 0 aromatic carbocycles. The fraction of sp³-hybridized carbons (Fsp3) is 0.500. The summed E-state index contributed by atoms with van der Waals surface area (Å²) >= 11 is 0.